The van der Waals surface area contributed by atoms with Crippen LogP contribution in [-0.2, 0) is 9.53 Å². The van der Waals surface area contributed by atoms with Crippen molar-refractivity contribution in [2.24, 2.45) is 23.5 Å². The van der Waals surface area contributed by atoms with Crippen molar-refractivity contribution in [3.63, 3.8) is 0 Å². The first-order valence-corrected chi connectivity index (χ1v) is 6.35. The van der Waals surface area contributed by atoms with Gasteiger partial charge in [0.15, 0.2) is 0 Å². The molecule has 0 spiro atoms. The topological polar surface area (TPSA) is 64.3 Å². The van der Waals surface area contributed by atoms with Gasteiger partial charge in [0.2, 0.25) is 5.91 Å². The Labute approximate surface area is 96.9 Å². The van der Waals surface area contributed by atoms with Crippen LogP contribution in [0.5, 0.6) is 0 Å². The summed E-state index contributed by atoms with van der Waals surface area (Å²) in [6.07, 6.45) is 3.56. The highest BCUT2D eigenvalue weighted by Crippen LogP contribution is 2.47. The van der Waals surface area contributed by atoms with Crippen LogP contribution in [0.1, 0.15) is 26.2 Å². The molecule has 16 heavy (non-hydrogen) atoms. The first-order chi connectivity index (χ1) is 7.74. The van der Waals surface area contributed by atoms with E-state index in [-0.39, 0.29) is 17.9 Å². The first kappa shape index (κ1) is 11.9. The predicted molar refractivity (Wildman–Crippen MR) is 61.8 cm³/mol. The van der Waals surface area contributed by atoms with Gasteiger partial charge in [-0.15, -0.1) is 0 Å². The normalized spacial score (nSPS) is 36.6. The number of ether oxygens (including phenoxy) is 1. The Morgan fingerprint density at radius 3 is 2.81 bits per heavy atom. The van der Waals surface area contributed by atoms with Crippen LogP contribution < -0.4 is 11.1 Å². The monoisotopic (exact) mass is 226 g/mol. The Balaban J connectivity index is 1.77. The fraction of sp³-hybridized carbons (Fsp3) is 0.917. The third-order valence-electron chi connectivity index (χ3n) is 4.03. The van der Waals surface area contributed by atoms with E-state index in [1.54, 1.807) is 0 Å². The smallest absolute Gasteiger partial charge is 0.225 e. The summed E-state index contributed by atoms with van der Waals surface area (Å²) in [5, 5.41) is 2.93. The minimum absolute atomic E-state index is 0.0559. The lowest BCUT2D eigenvalue weighted by molar-refractivity contribution is -0.127. The number of hydrogen-bond donors (Lipinski definition) is 2. The molecule has 2 saturated carbocycles. The molecule has 2 aliphatic rings. The molecule has 0 aromatic heterocycles. The van der Waals surface area contributed by atoms with E-state index in [1.807, 2.05) is 6.92 Å². The van der Waals surface area contributed by atoms with Crippen LogP contribution in [0.2, 0.25) is 0 Å². The Kier molecular flexibility index (Phi) is 3.82. The fourth-order valence-electron chi connectivity index (χ4n) is 3.23. The van der Waals surface area contributed by atoms with Gasteiger partial charge in [-0.25, -0.2) is 0 Å². The van der Waals surface area contributed by atoms with E-state index in [0.717, 1.165) is 6.42 Å². The molecule has 0 aliphatic heterocycles. The number of fused-ring (bicyclic) bond motifs is 2. The maximum atomic E-state index is 12.0. The van der Waals surface area contributed by atoms with Gasteiger partial charge in [-0.05, 0) is 38.0 Å². The van der Waals surface area contributed by atoms with Gasteiger partial charge in [-0.1, -0.05) is 0 Å². The van der Waals surface area contributed by atoms with Gasteiger partial charge in [0.1, 0.15) is 0 Å². The summed E-state index contributed by atoms with van der Waals surface area (Å²) < 4.78 is 5.19. The summed E-state index contributed by atoms with van der Waals surface area (Å²) in [6, 6.07) is 0.0887. The van der Waals surface area contributed by atoms with E-state index in [9.17, 15) is 4.79 Å². The average Bonchev–Trinajstić information content (AvgIpc) is 2.84. The lowest BCUT2D eigenvalue weighted by Gasteiger charge is -2.26. The van der Waals surface area contributed by atoms with Crippen LogP contribution in [0.25, 0.3) is 0 Å². The molecular weight excluding hydrogens is 204 g/mol. The zero-order chi connectivity index (χ0) is 11.5. The summed E-state index contributed by atoms with van der Waals surface area (Å²) in [4.78, 5) is 12.0. The van der Waals surface area contributed by atoms with Crippen LogP contribution in [0.4, 0.5) is 0 Å². The molecule has 4 unspecified atom stereocenters. The van der Waals surface area contributed by atoms with E-state index < -0.39 is 0 Å². The van der Waals surface area contributed by atoms with E-state index >= 15 is 0 Å². The second kappa shape index (κ2) is 5.15. The molecule has 4 atom stereocenters. The Morgan fingerprint density at radius 2 is 2.19 bits per heavy atom. The van der Waals surface area contributed by atoms with Gasteiger partial charge in [0, 0.05) is 19.2 Å². The molecule has 0 heterocycles. The number of nitrogens with one attached hydrogen (secondary N) is 1. The zero-order valence-corrected chi connectivity index (χ0v) is 9.95. The quantitative estimate of drug-likeness (QED) is 0.671. The molecule has 3 N–H and O–H groups in total. The minimum atomic E-state index is 0.0559. The molecule has 2 rings (SSSR count). The second-order valence-corrected chi connectivity index (χ2v) is 4.92. The minimum Gasteiger partial charge on any atom is -0.380 e. The van der Waals surface area contributed by atoms with Crippen molar-refractivity contribution in [1.29, 1.82) is 0 Å². The van der Waals surface area contributed by atoms with Crippen molar-refractivity contribution >= 4 is 5.91 Å². The summed E-state index contributed by atoms with van der Waals surface area (Å²) in [7, 11) is 0. The number of carbonyl (C=O) groups is 1. The summed E-state index contributed by atoms with van der Waals surface area (Å²) >= 11 is 0. The van der Waals surface area contributed by atoms with Crippen LogP contribution in [0.15, 0.2) is 0 Å². The molecule has 2 bridgehead atoms. The van der Waals surface area contributed by atoms with E-state index in [0.29, 0.717) is 31.6 Å². The summed E-state index contributed by atoms with van der Waals surface area (Å²) in [5.74, 6) is 1.32. The molecular formula is C12H22N2O2. The third kappa shape index (κ3) is 2.23. The third-order valence-corrected chi connectivity index (χ3v) is 4.03. The van der Waals surface area contributed by atoms with Crippen LogP contribution >= 0.6 is 0 Å². The van der Waals surface area contributed by atoms with Crippen molar-refractivity contribution in [3.8, 4) is 0 Å². The van der Waals surface area contributed by atoms with Gasteiger partial charge in [-0.3, -0.25) is 4.79 Å². The highest BCUT2D eigenvalue weighted by molar-refractivity contribution is 5.80. The second-order valence-electron chi connectivity index (χ2n) is 4.92. The maximum absolute atomic E-state index is 12.0. The molecule has 2 fully saturated rings. The molecule has 92 valence electrons. The number of hydrogen-bond acceptors (Lipinski definition) is 3. The number of nitrogens with two attached hydrogens (primary N) is 1. The molecule has 0 aromatic carbocycles. The largest absolute Gasteiger partial charge is 0.380 e. The molecule has 4 heteroatoms. The molecule has 0 radical (unpaired) electrons. The summed E-state index contributed by atoms with van der Waals surface area (Å²) in [6.45, 7) is 3.85. The van der Waals surface area contributed by atoms with Gasteiger partial charge >= 0.3 is 0 Å². The van der Waals surface area contributed by atoms with E-state index in [4.69, 9.17) is 10.5 Å². The van der Waals surface area contributed by atoms with Crippen molar-refractivity contribution < 1.29 is 9.53 Å². The van der Waals surface area contributed by atoms with Crippen LogP contribution in [0.3, 0.4) is 0 Å². The molecule has 0 saturated heterocycles. The van der Waals surface area contributed by atoms with E-state index in [2.05, 4.69) is 5.32 Å². The van der Waals surface area contributed by atoms with Gasteiger partial charge in [-0.2, -0.15) is 0 Å². The predicted octanol–water partition coefficient (Wildman–Crippen LogP) is 0.513. The highest BCUT2D eigenvalue weighted by Gasteiger charge is 2.48. The standard InChI is InChI=1S/C12H22N2O2/c1-2-16-6-5-14-12(15)10-8-3-4-9(7-8)11(10)13/h8-11H,2-7,13H2,1H3,(H,14,15). The zero-order valence-electron chi connectivity index (χ0n) is 9.95. The number of carbonyl (C=O) groups excluding carboxylic acids is 1. The lowest BCUT2D eigenvalue weighted by Crippen LogP contribution is -2.45. The van der Waals surface area contributed by atoms with Crippen molar-refractivity contribution in [2.45, 2.75) is 32.2 Å². The Bertz CT molecular complexity index is 255. The van der Waals surface area contributed by atoms with Crippen molar-refractivity contribution in [1.82, 2.24) is 5.32 Å². The van der Waals surface area contributed by atoms with Crippen molar-refractivity contribution in [3.05, 3.63) is 0 Å². The van der Waals surface area contributed by atoms with Crippen molar-refractivity contribution in [2.75, 3.05) is 19.8 Å². The molecule has 2 aliphatic carbocycles. The van der Waals surface area contributed by atoms with Gasteiger partial charge < -0.3 is 15.8 Å². The molecule has 1 amide bonds. The number of amides is 1. The Morgan fingerprint density at radius 1 is 1.44 bits per heavy atom. The Hall–Kier alpha value is -0.610. The lowest BCUT2D eigenvalue weighted by atomic mass is 9.84. The van der Waals surface area contributed by atoms with E-state index in [1.165, 1.54) is 12.8 Å². The maximum Gasteiger partial charge on any atom is 0.225 e. The fourth-order valence-corrected chi connectivity index (χ4v) is 3.23. The first-order valence-electron chi connectivity index (χ1n) is 6.35. The summed E-state index contributed by atoms with van der Waals surface area (Å²) in [5.41, 5.74) is 6.10. The molecule has 4 nitrogen and oxygen atoms in total. The highest BCUT2D eigenvalue weighted by atomic mass is 16.5. The molecule has 0 aromatic rings. The van der Waals surface area contributed by atoms with Gasteiger partial charge in [0.05, 0.1) is 12.5 Å². The van der Waals surface area contributed by atoms with Gasteiger partial charge in [0.25, 0.3) is 0 Å². The number of rotatable bonds is 5. The SMILES string of the molecule is CCOCCNC(=O)C1C2CCC(C2)C1N. The van der Waals surface area contributed by atoms with Crippen LogP contribution in [0, 0.1) is 17.8 Å². The average molecular weight is 226 g/mol. The van der Waals surface area contributed by atoms with Crippen LogP contribution in [-0.4, -0.2) is 31.7 Å².